The fraction of sp³-hybridized carbons (Fsp3) is 0.300. The van der Waals surface area contributed by atoms with E-state index in [9.17, 15) is 5.11 Å². The summed E-state index contributed by atoms with van der Waals surface area (Å²) in [7, 11) is 0. The van der Waals surface area contributed by atoms with Crippen LogP contribution in [0.2, 0.25) is 0 Å². The summed E-state index contributed by atoms with van der Waals surface area (Å²) in [6.45, 7) is 2.25. The SMILES string of the molecule is C[C@@H](O)Cn1cc2cc(N)ccc2n1. The Bertz CT molecular complexity index is 448. The largest absolute Gasteiger partial charge is 0.399 e. The van der Waals surface area contributed by atoms with Crippen LogP contribution in [0.15, 0.2) is 24.4 Å². The first-order valence-corrected chi connectivity index (χ1v) is 4.56. The molecule has 0 fully saturated rings. The molecule has 1 atom stereocenters. The molecule has 2 rings (SSSR count). The van der Waals surface area contributed by atoms with Gasteiger partial charge in [0.1, 0.15) is 0 Å². The summed E-state index contributed by atoms with van der Waals surface area (Å²) in [5.74, 6) is 0. The van der Waals surface area contributed by atoms with Crippen molar-refractivity contribution in [2.24, 2.45) is 0 Å². The maximum atomic E-state index is 9.20. The van der Waals surface area contributed by atoms with Crippen LogP contribution in [0.1, 0.15) is 6.92 Å². The van der Waals surface area contributed by atoms with Gasteiger partial charge >= 0.3 is 0 Å². The lowest BCUT2D eigenvalue weighted by atomic mass is 10.2. The van der Waals surface area contributed by atoms with Gasteiger partial charge in [0, 0.05) is 17.3 Å². The van der Waals surface area contributed by atoms with E-state index in [1.165, 1.54) is 0 Å². The highest BCUT2D eigenvalue weighted by Crippen LogP contribution is 2.15. The molecule has 0 saturated heterocycles. The molecule has 0 aliphatic heterocycles. The van der Waals surface area contributed by atoms with E-state index in [0.717, 1.165) is 16.6 Å². The first-order chi connectivity index (χ1) is 6.65. The van der Waals surface area contributed by atoms with Crippen LogP contribution < -0.4 is 5.73 Å². The number of hydrogen-bond donors (Lipinski definition) is 2. The Morgan fingerprint density at radius 1 is 1.57 bits per heavy atom. The number of benzene rings is 1. The zero-order valence-corrected chi connectivity index (χ0v) is 8.01. The third kappa shape index (κ3) is 1.70. The highest BCUT2D eigenvalue weighted by molar-refractivity contribution is 5.81. The van der Waals surface area contributed by atoms with Crippen LogP contribution in [-0.4, -0.2) is 21.0 Å². The Kier molecular flexibility index (Phi) is 2.13. The summed E-state index contributed by atoms with van der Waals surface area (Å²) in [5.41, 5.74) is 7.28. The van der Waals surface area contributed by atoms with Gasteiger partial charge in [-0.25, -0.2) is 0 Å². The van der Waals surface area contributed by atoms with Gasteiger partial charge in [-0.2, -0.15) is 5.10 Å². The molecule has 0 spiro atoms. The van der Waals surface area contributed by atoms with E-state index in [0.29, 0.717) is 6.54 Å². The first kappa shape index (κ1) is 9.02. The Morgan fingerprint density at radius 2 is 2.36 bits per heavy atom. The van der Waals surface area contributed by atoms with Crippen molar-refractivity contribution in [3.05, 3.63) is 24.4 Å². The van der Waals surface area contributed by atoms with Gasteiger partial charge in [0.05, 0.1) is 18.2 Å². The third-order valence-electron chi connectivity index (χ3n) is 2.03. The molecule has 2 aromatic rings. The summed E-state index contributed by atoms with van der Waals surface area (Å²) in [4.78, 5) is 0. The second-order valence-corrected chi connectivity index (χ2v) is 3.52. The minimum Gasteiger partial charge on any atom is -0.399 e. The normalized spacial score (nSPS) is 13.3. The molecule has 0 aliphatic rings. The fourth-order valence-electron chi connectivity index (χ4n) is 1.46. The van der Waals surface area contributed by atoms with Crippen molar-refractivity contribution < 1.29 is 5.11 Å². The number of anilines is 1. The number of nitrogens with zero attached hydrogens (tertiary/aromatic N) is 2. The monoisotopic (exact) mass is 191 g/mol. The van der Waals surface area contributed by atoms with E-state index in [1.54, 1.807) is 11.6 Å². The molecule has 4 heteroatoms. The fourth-order valence-corrected chi connectivity index (χ4v) is 1.46. The lowest BCUT2D eigenvalue weighted by molar-refractivity contribution is 0.169. The summed E-state index contributed by atoms with van der Waals surface area (Å²) in [6.07, 6.45) is 1.50. The van der Waals surface area contributed by atoms with Crippen LogP contribution in [0, 0.1) is 0 Å². The van der Waals surface area contributed by atoms with Gasteiger partial charge < -0.3 is 10.8 Å². The van der Waals surface area contributed by atoms with Crippen LogP contribution >= 0.6 is 0 Å². The molecule has 3 N–H and O–H groups in total. The molecule has 74 valence electrons. The number of rotatable bonds is 2. The van der Waals surface area contributed by atoms with Gasteiger partial charge in [-0.15, -0.1) is 0 Å². The van der Waals surface area contributed by atoms with E-state index in [1.807, 2.05) is 24.4 Å². The number of nitrogen functional groups attached to an aromatic ring is 1. The first-order valence-electron chi connectivity index (χ1n) is 4.56. The summed E-state index contributed by atoms with van der Waals surface area (Å²) < 4.78 is 1.73. The number of fused-ring (bicyclic) bond motifs is 1. The molecule has 0 saturated carbocycles. The molecular weight excluding hydrogens is 178 g/mol. The number of hydrogen-bond acceptors (Lipinski definition) is 3. The lowest BCUT2D eigenvalue weighted by Gasteiger charge is -2.02. The maximum absolute atomic E-state index is 9.20. The smallest absolute Gasteiger partial charge is 0.0924 e. The Morgan fingerprint density at radius 3 is 3.07 bits per heavy atom. The van der Waals surface area contributed by atoms with E-state index in [4.69, 9.17) is 5.73 Å². The quantitative estimate of drug-likeness (QED) is 0.696. The maximum Gasteiger partial charge on any atom is 0.0924 e. The number of aliphatic hydroxyl groups is 1. The van der Waals surface area contributed by atoms with Crippen LogP contribution in [0.3, 0.4) is 0 Å². The summed E-state index contributed by atoms with van der Waals surface area (Å²) in [6, 6.07) is 5.58. The van der Waals surface area contributed by atoms with Crippen molar-refractivity contribution in [1.82, 2.24) is 9.78 Å². The molecule has 14 heavy (non-hydrogen) atoms. The van der Waals surface area contributed by atoms with Crippen molar-refractivity contribution in [2.75, 3.05) is 5.73 Å². The minimum atomic E-state index is -0.387. The average Bonchev–Trinajstić information content (AvgIpc) is 2.44. The molecule has 0 amide bonds. The van der Waals surface area contributed by atoms with E-state index >= 15 is 0 Å². The topological polar surface area (TPSA) is 64.1 Å². The molecule has 0 bridgehead atoms. The van der Waals surface area contributed by atoms with E-state index < -0.39 is 0 Å². The van der Waals surface area contributed by atoms with Gasteiger partial charge in [0.25, 0.3) is 0 Å². The Balaban J connectivity index is 2.41. The number of nitrogens with two attached hydrogens (primary N) is 1. The molecule has 1 aromatic carbocycles. The summed E-state index contributed by atoms with van der Waals surface area (Å²) >= 11 is 0. The zero-order chi connectivity index (χ0) is 10.1. The predicted octanol–water partition coefficient (Wildman–Crippen LogP) is 0.999. The van der Waals surface area contributed by atoms with Crippen molar-refractivity contribution in [3.63, 3.8) is 0 Å². The van der Waals surface area contributed by atoms with Crippen molar-refractivity contribution in [2.45, 2.75) is 19.6 Å². The Hall–Kier alpha value is -1.55. The van der Waals surface area contributed by atoms with Gasteiger partial charge in [-0.1, -0.05) is 0 Å². The van der Waals surface area contributed by atoms with Gasteiger partial charge in [0.2, 0.25) is 0 Å². The second kappa shape index (κ2) is 3.31. The molecular formula is C10H13N3O. The summed E-state index contributed by atoms with van der Waals surface area (Å²) in [5, 5.41) is 14.5. The highest BCUT2D eigenvalue weighted by atomic mass is 16.3. The predicted molar refractivity (Wildman–Crippen MR) is 55.8 cm³/mol. The third-order valence-corrected chi connectivity index (χ3v) is 2.03. The molecule has 0 radical (unpaired) electrons. The van der Waals surface area contributed by atoms with E-state index in [2.05, 4.69) is 5.10 Å². The average molecular weight is 191 g/mol. The van der Waals surface area contributed by atoms with Crippen LogP contribution in [0.5, 0.6) is 0 Å². The minimum absolute atomic E-state index is 0.387. The zero-order valence-electron chi connectivity index (χ0n) is 8.01. The molecule has 1 heterocycles. The standard InChI is InChI=1S/C10H13N3O/c1-7(14)5-13-6-8-4-9(11)2-3-10(8)12-13/h2-4,6-7,14H,5,11H2,1H3/t7-/m1/s1. The van der Waals surface area contributed by atoms with Crippen LogP contribution in [-0.2, 0) is 6.54 Å². The highest BCUT2D eigenvalue weighted by Gasteiger charge is 2.02. The molecule has 4 nitrogen and oxygen atoms in total. The molecule has 1 aromatic heterocycles. The van der Waals surface area contributed by atoms with Crippen LogP contribution in [0.4, 0.5) is 5.69 Å². The van der Waals surface area contributed by atoms with Crippen molar-refractivity contribution in [1.29, 1.82) is 0 Å². The van der Waals surface area contributed by atoms with Crippen LogP contribution in [0.25, 0.3) is 10.9 Å². The van der Waals surface area contributed by atoms with Crippen molar-refractivity contribution in [3.8, 4) is 0 Å². The molecule has 0 aliphatic carbocycles. The number of aromatic nitrogens is 2. The van der Waals surface area contributed by atoms with Gasteiger partial charge in [-0.3, -0.25) is 4.68 Å². The van der Waals surface area contributed by atoms with Gasteiger partial charge in [-0.05, 0) is 25.1 Å². The second-order valence-electron chi connectivity index (χ2n) is 3.52. The van der Waals surface area contributed by atoms with Gasteiger partial charge in [0.15, 0.2) is 0 Å². The molecule has 0 unspecified atom stereocenters. The lowest BCUT2D eigenvalue weighted by Crippen LogP contribution is -2.11. The van der Waals surface area contributed by atoms with Crippen molar-refractivity contribution >= 4 is 16.6 Å². The van der Waals surface area contributed by atoms with E-state index in [-0.39, 0.29) is 6.10 Å². The Labute approximate surface area is 81.9 Å². The number of aliphatic hydroxyl groups excluding tert-OH is 1.